The highest BCUT2D eigenvalue weighted by molar-refractivity contribution is 6.00. The van der Waals surface area contributed by atoms with E-state index in [4.69, 9.17) is 9.47 Å². The summed E-state index contributed by atoms with van der Waals surface area (Å²) in [7, 11) is 1.56. The summed E-state index contributed by atoms with van der Waals surface area (Å²) in [6.45, 7) is 5.88. The first-order valence-corrected chi connectivity index (χ1v) is 17.1. The molecule has 4 rings (SSSR count). The number of likely N-dealkylation sites (N-methyl/N-ethyl adjacent to an activating group) is 1. The molecular formula is C38H47F3N4O6. The van der Waals surface area contributed by atoms with Crippen LogP contribution in [0.4, 0.5) is 29.3 Å². The lowest BCUT2D eigenvalue weighted by atomic mass is 10.0. The minimum absolute atomic E-state index is 0.122. The number of aliphatic hydroxyl groups is 1. The Morgan fingerprint density at radius 2 is 1.69 bits per heavy atom. The Kier molecular flexibility index (Phi) is 13.9. The van der Waals surface area contributed by atoms with E-state index in [-0.39, 0.29) is 55.3 Å². The molecule has 1 aliphatic rings. The minimum atomic E-state index is -4.49. The van der Waals surface area contributed by atoms with Gasteiger partial charge in [-0.15, -0.1) is 0 Å². The number of carbonyl (C=O) groups excluding carboxylic acids is 3. The third kappa shape index (κ3) is 11.4. The van der Waals surface area contributed by atoms with Crippen molar-refractivity contribution in [1.82, 2.24) is 9.80 Å². The summed E-state index contributed by atoms with van der Waals surface area (Å²) in [4.78, 5) is 43.3. The average molecular weight is 713 g/mol. The van der Waals surface area contributed by atoms with Crippen LogP contribution in [-0.4, -0.2) is 84.4 Å². The number of hydrogen-bond acceptors (Lipinski definition) is 6. The maximum Gasteiger partial charge on any atom is 0.416 e. The molecule has 0 aliphatic carbocycles. The van der Waals surface area contributed by atoms with Crippen molar-refractivity contribution in [1.29, 1.82) is 0 Å². The van der Waals surface area contributed by atoms with E-state index in [1.165, 1.54) is 21.9 Å². The summed E-state index contributed by atoms with van der Waals surface area (Å²) in [5.74, 6) is -0.622. The van der Waals surface area contributed by atoms with Crippen LogP contribution in [-0.2, 0) is 22.1 Å². The summed E-state index contributed by atoms with van der Waals surface area (Å²) < 4.78 is 51.5. The summed E-state index contributed by atoms with van der Waals surface area (Å²) in [5, 5.41) is 15.7. The Morgan fingerprint density at radius 3 is 2.35 bits per heavy atom. The first-order chi connectivity index (χ1) is 24.2. The molecule has 0 spiro atoms. The van der Waals surface area contributed by atoms with Crippen molar-refractivity contribution >= 4 is 29.2 Å². The van der Waals surface area contributed by atoms with Crippen LogP contribution >= 0.6 is 0 Å². The molecule has 10 nitrogen and oxygen atoms in total. The summed E-state index contributed by atoms with van der Waals surface area (Å²) in [5.41, 5.74) is 0.887. The van der Waals surface area contributed by atoms with Gasteiger partial charge in [0.1, 0.15) is 5.75 Å². The lowest BCUT2D eigenvalue weighted by Crippen LogP contribution is -2.48. The van der Waals surface area contributed by atoms with E-state index >= 15 is 0 Å². The number of anilines is 2. The monoisotopic (exact) mass is 712 g/mol. The van der Waals surface area contributed by atoms with Crippen LogP contribution < -0.4 is 15.4 Å². The second kappa shape index (κ2) is 18.0. The van der Waals surface area contributed by atoms with Gasteiger partial charge in [0.25, 0.3) is 5.91 Å². The first kappa shape index (κ1) is 39.2. The number of benzene rings is 3. The number of nitrogens with zero attached hydrogens (tertiary/aromatic N) is 2. The number of urea groups is 1. The molecule has 3 aromatic carbocycles. The first-order valence-electron chi connectivity index (χ1n) is 17.1. The van der Waals surface area contributed by atoms with E-state index in [0.29, 0.717) is 30.9 Å². The van der Waals surface area contributed by atoms with Gasteiger partial charge in [-0.2, -0.15) is 13.2 Å². The average Bonchev–Trinajstić information content (AvgIpc) is 3.09. The van der Waals surface area contributed by atoms with Crippen molar-refractivity contribution in [3.05, 3.63) is 89.5 Å². The predicted octanol–water partition coefficient (Wildman–Crippen LogP) is 6.85. The van der Waals surface area contributed by atoms with Gasteiger partial charge in [0.15, 0.2) is 0 Å². The molecule has 0 bridgehead atoms. The zero-order chi connectivity index (χ0) is 37.1. The van der Waals surface area contributed by atoms with Gasteiger partial charge >= 0.3 is 12.2 Å². The van der Waals surface area contributed by atoms with Gasteiger partial charge in [-0.05, 0) is 81.1 Å². The number of nitrogens with one attached hydrogen (secondary N) is 2. The molecular weight excluding hydrogens is 665 g/mol. The van der Waals surface area contributed by atoms with Gasteiger partial charge < -0.3 is 35.0 Å². The normalized spacial score (nSPS) is 19.6. The molecule has 3 aromatic rings. The molecule has 4 atom stereocenters. The Morgan fingerprint density at radius 1 is 1.00 bits per heavy atom. The molecule has 4 amide bonds. The third-order valence-corrected chi connectivity index (χ3v) is 8.81. The van der Waals surface area contributed by atoms with Crippen LogP contribution in [0.15, 0.2) is 72.8 Å². The molecule has 0 fully saturated rings. The van der Waals surface area contributed by atoms with Crippen LogP contribution in [0.1, 0.15) is 61.5 Å². The number of hydrogen-bond donors (Lipinski definition) is 3. The SMILES string of the molecule is C[C@H]1CCCCO[C@@H](CN(C)C(=O)Nc2ccc(C(F)(F)F)cc2)[C@@H](C)CN([C@@H](C)CO)C(=O)c2cc(NC(=O)Cc3ccccc3)ccc2O1. The second-order valence-electron chi connectivity index (χ2n) is 13.1. The molecule has 0 saturated carbocycles. The van der Waals surface area contributed by atoms with Crippen LogP contribution in [0, 0.1) is 5.92 Å². The number of ether oxygens (including phenoxy) is 2. The lowest BCUT2D eigenvalue weighted by molar-refractivity contribution is -0.137. The van der Waals surface area contributed by atoms with Crippen molar-refractivity contribution < 1.29 is 42.1 Å². The maximum atomic E-state index is 14.4. The van der Waals surface area contributed by atoms with Crippen molar-refractivity contribution in [2.75, 3.05) is 44.0 Å². The highest BCUT2D eigenvalue weighted by atomic mass is 19.4. The van der Waals surface area contributed by atoms with Crippen LogP contribution in [0.3, 0.4) is 0 Å². The lowest BCUT2D eigenvalue weighted by Gasteiger charge is -2.35. The molecule has 0 aromatic heterocycles. The van der Waals surface area contributed by atoms with E-state index in [9.17, 15) is 32.7 Å². The molecule has 13 heteroatoms. The van der Waals surface area contributed by atoms with Gasteiger partial charge in [0.2, 0.25) is 5.91 Å². The molecule has 276 valence electrons. The van der Waals surface area contributed by atoms with Gasteiger partial charge in [-0.1, -0.05) is 37.3 Å². The maximum absolute atomic E-state index is 14.4. The fourth-order valence-electron chi connectivity index (χ4n) is 5.76. The molecule has 1 heterocycles. The molecule has 3 N–H and O–H groups in total. The quantitative estimate of drug-likeness (QED) is 0.235. The van der Waals surface area contributed by atoms with Crippen LogP contribution in [0.2, 0.25) is 0 Å². The van der Waals surface area contributed by atoms with E-state index in [0.717, 1.165) is 24.1 Å². The van der Waals surface area contributed by atoms with E-state index in [1.54, 1.807) is 32.2 Å². The van der Waals surface area contributed by atoms with E-state index in [2.05, 4.69) is 10.6 Å². The summed E-state index contributed by atoms with van der Waals surface area (Å²) in [6.07, 6.45) is -2.94. The number of alkyl halides is 3. The van der Waals surface area contributed by atoms with Crippen molar-refractivity contribution in [3.63, 3.8) is 0 Å². The van der Waals surface area contributed by atoms with Crippen LogP contribution in [0.5, 0.6) is 5.75 Å². The summed E-state index contributed by atoms with van der Waals surface area (Å²) in [6, 6.07) is 17.3. The Labute approximate surface area is 296 Å². The minimum Gasteiger partial charge on any atom is -0.490 e. The highest BCUT2D eigenvalue weighted by Crippen LogP contribution is 2.31. The van der Waals surface area contributed by atoms with E-state index in [1.807, 2.05) is 44.2 Å². The number of aliphatic hydroxyl groups excluding tert-OH is 1. The zero-order valence-corrected chi connectivity index (χ0v) is 29.4. The topological polar surface area (TPSA) is 120 Å². The fourth-order valence-corrected chi connectivity index (χ4v) is 5.76. The van der Waals surface area contributed by atoms with Gasteiger partial charge in [0.05, 0.1) is 42.4 Å². The predicted molar refractivity (Wildman–Crippen MR) is 189 cm³/mol. The molecule has 1 aliphatic heterocycles. The number of halogens is 3. The van der Waals surface area contributed by atoms with Gasteiger partial charge in [-0.3, -0.25) is 9.59 Å². The third-order valence-electron chi connectivity index (χ3n) is 8.81. The second-order valence-corrected chi connectivity index (χ2v) is 13.1. The molecule has 51 heavy (non-hydrogen) atoms. The summed E-state index contributed by atoms with van der Waals surface area (Å²) >= 11 is 0. The molecule has 0 unspecified atom stereocenters. The van der Waals surface area contributed by atoms with Crippen LogP contribution in [0.25, 0.3) is 0 Å². The Balaban J connectivity index is 1.55. The Bertz CT molecular complexity index is 1610. The standard InChI is InChI=1S/C38H47F3N4O6/c1-25-22-45(26(2)24-46)36(48)32-21-31(42-35(47)20-28-11-6-5-7-12-28)17-18-33(32)51-27(3)10-8-9-19-50-34(25)23-44(4)37(49)43-30-15-13-29(14-16-30)38(39,40)41/h5-7,11-18,21,25-27,34,46H,8-10,19-20,22-24H2,1-4H3,(H,42,47)(H,43,49)/t25-,26-,27-,34-/m0/s1. The smallest absolute Gasteiger partial charge is 0.416 e. The molecule has 0 radical (unpaired) electrons. The van der Waals surface area contributed by atoms with Crippen molar-refractivity contribution in [2.24, 2.45) is 5.92 Å². The Hall–Kier alpha value is -4.62. The van der Waals surface area contributed by atoms with Crippen molar-refractivity contribution in [3.8, 4) is 5.75 Å². The largest absolute Gasteiger partial charge is 0.490 e. The van der Waals surface area contributed by atoms with E-state index < -0.39 is 35.8 Å². The fraction of sp³-hybridized carbons (Fsp3) is 0.447. The molecule has 0 saturated heterocycles. The van der Waals surface area contributed by atoms with Gasteiger partial charge in [0, 0.05) is 44.0 Å². The van der Waals surface area contributed by atoms with Crippen molar-refractivity contribution in [2.45, 2.75) is 70.9 Å². The number of rotatable bonds is 8. The highest BCUT2D eigenvalue weighted by Gasteiger charge is 2.32. The number of carbonyl (C=O) groups is 3. The number of amides is 4. The zero-order valence-electron chi connectivity index (χ0n) is 29.4. The van der Waals surface area contributed by atoms with Gasteiger partial charge in [-0.25, -0.2) is 4.79 Å². The number of fused-ring (bicyclic) bond motifs is 1.